The van der Waals surface area contributed by atoms with Crippen LogP contribution >= 0.6 is 0 Å². The predicted molar refractivity (Wildman–Crippen MR) is 76.7 cm³/mol. The number of Topliss-reactive ketones (excluding diaryl/α,β-unsaturated/α-hetero) is 1. The normalized spacial score (nSPS) is 11.1. The van der Waals surface area contributed by atoms with Gasteiger partial charge in [0.15, 0.2) is 0 Å². The van der Waals surface area contributed by atoms with E-state index in [2.05, 4.69) is 4.72 Å². The molecule has 0 heterocycles. The van der Waals surface area contributed by atoms with Gasteiger partial charge in [0, 0.05) is 12.1 Å². The van der Waals surface area contributed by atoms with Crippen LogP contribution in [0.3, 0.4) is 0 Å². The van der Waals surface area contributed by atoms with Crippen LogP contribution in [0.5, 0.6) is 0 Å². The molecule has 0 spiro atoms. The number of amides is 1. The molecule has 3 N–H and O–H groups in total. The Morgan fingerprint density at radius 3 is 2.25 bits per heavy atom. The van der Waals surface area contributed by atoms with Crippen molar-refractivity contribution in [1.82, 2.24) is 0 Å². The van der Waals surface area contributed by atoms with Crippen molar-refractivity contribution in [2.24, 2.45) is 5.73 Å². The Kier molecular flexibility index (Phi) is 5.69. The first-order valence-electron chi connectivity index (χ1n) is 6.17. The van der Waals surface area contributed by atoms with Crippen molar-refractivity contribution in [3.63, 3.8) is 0 Å². The van der Waals surface area contributed by atoms with Gasteiger partial charge in [-0.1, -0.05) is 12.1 Å². The number of primary amides is 1. The van der Waals surface area contributed by atoms with Crippen LogP contribution in [0.1, 0.15) is 24.8 Å². The molecule has 7 heteroatoms. The minimum Gasteiger partial charge on any atom is -0.363 e. The summed E-state index contributed by atoms with van der Waals surface area (Å²) in [6.07, 6.45) is 3.38. The number of anilines is 1. The summed E-state index contributed by atoms with van der Waals surface area (Å²) in [4.78, 5) is 21.5. The standard InChI is InChI=1S/C13H18N2O4S/c1-20(18,19)15-11-8-6-10(7-9-11)4-2-3-5-12(16)13(14)17/h6-9,15H,2-5H2,1H3,(H2,14,17). The monoisotopic (exact) mass is 298 g/mol. The van der Waals surface area contributed by atoms with Crippen LogP contribution in [0, 0.1) is 0 Å². The highest BCUT2D eigenvalue weighted by atomic mass is 32.2. The molecular weight excluding hydrogens is 280 g/mol. The van der Waals surface area contributed by atoms with Gasteiger partial charge in [-0.2, -0.15) is 0 Å². The fraction of sp³-hybridized carbons (Fsp3) is 0.385. The van der Waals surface area contributed by atoms with Crippen LogP contribution in [0.25, 0.3) is 0 Å². The second-order valence-electron chi connectivity index (χ2n) is 4.57. The number of nitrogens with two attached hydrogens (primary N) is 1. The highest BCUT2D eigenvalue weighted by Crippen LogP contribution is 2.13. The molecule has 1 amide bonds. The molecule has 0 aromatic heterocycles. The van der Waals surface area contributed by atoms with Crippen molar-refractivity contribution < 1.29 is 18.0 Å². The average Bonchev–Trinajstić information content (AvgIpc) is 2.34. The molecule has 6 nitrogen and oxygen atoms in total. The van der Waals surface area contributed by atoms with E-state index in [1.807, 2.05) is 12.1 Å². The summed E-state index contributed by atoms with van der Waals surface area (Å²) in [5.41, 5.74) is 6.40. The summed E-state index contributed by atoms with van der Waals surface area (Å²) in [6.45, 7) is 0. The molecular formula is C13H18N2O4S. The van der Waals surface area contributed by atoms with E-state index in [0.29, 0.717) is 12.1 Å². The molecule has 0 unspecified atom stereocenters. The third-order valence-electron chi connectivity index (χ3n) is 2.65. The van der Waals surface area contributed by atoms with Gasteiger partial charge in [-0.3, -0.25) is 14.3 Å². The van der Waals surface area contributed by atoms with Crippen molar-refractivity contribution in [3.05, 3.63) is 29.8 Å². The van der Waals surface area contributed by atoms with Crippen molar-refractivity contribution in [3.8, 4) is 0 Å². The van der Waals surface area contributed by atoms with Gasteiger partial charge < -0.3 is 5.73 Å². The van der Waals surface area contributed by atoms with Crippen LogP contribution in [-0.2, 0) is 26.0 Å². The number of ketones is 1. The van der Waals surface area contributed by atoms with E-state index in [9.17, 15) is 18.0 Å². The maximum Gasteiger partial charge on any atom is 0.284 e. The van der Waals surface area contributed by atoms with Gasteiger partial charge in [-0.25, -0.2) is 8.42 Å². The quantitative estimate of drug-likeness (QED) is 0.547. The number of hydrogen-bond donors (Lipinski definition) is 2. The maximum absolute atomic E-state index is 11.0. The molecule has 0 fully saturated rings. The number of carbonyl (C=O) groups is 2. The first kappa shape index (κ1) is 16.2. The molecule has 0 aliphatic heterocycles. The van der Waals surface area contributed by atoms with Crippen LogP contribution in [0.2, 0.25) is 0 Å². The smallest absolute Gasteiger partial charge is 0.284 e. The Labute approximate surface area is 118 Å². The zero-order valence-corrected chi connectivity index (χ0v) is 12.1. The number of hydrogen-bond acceptors (Lipinski definition) is 4. The van der Waals surface area contributed by atoms with Crippen LogP contribution in [-0.4, -0.2) is 26.4 Å². The lowest BCUT2D eigenvalue weighted by molar-refractivity contribution is -0.136. The number of nitrogens with one attached hydrogen (secondary N) is 1. The topological polar surface area (TPSA) is 106 Å². The Balaban J connectivity index is 2.39. The molecule has 20 heavy (non-hydrogen) atoms. The molecule has 1 rings (SSSR count). The van der Waals surface area contributed by atoms with Gasteiger partial charge in [-0.05, 0) is 37.0 Å². The summed E-state index contributed by atoms with van der Waals surface area (Å²) < 4.78 is 24.4. The summed E-state index contributed by atoms with van der Waals surface area (Å²) in [5, 5.41) is 0. The molecule has 1 aromatic rings. The van der Waals surface area contributed by atoms with Crippen molar-refractivity contribution in [1.29, 1.82) is 0 Å². The van der Waals surface area contributed by atoms with Gasteiger partial charge in [0.25, 0.3) is 5.91 Å². The number of unbranched alkanes of at least 4 members (excludes halogenated alkanes) is 1. The summed E-state index contributed by atoms with van der Waals surface area (Å²) >= 11 is 0. The second kappa shape index (κ2) is 7.04. The third-order valence-corrected chi connectivity index (χ3v) is 3.26. The molecule has 0 saturated heterocycles. The third kappa shape index (κ3) is 6.33. The SMILES string of the molecule is CS(=O)(=O)Nc1ccc(CCCCC(=O)C(N)=O)cc1. The van der Waals surface area contributed by atoms with Gasteiger partial charge in [0.1, 0.15) is 0 Å². The number of rotatable bonds is 8. The summed E-state index contributed by atoms with van der Waals surface area (Å²) in [5.74, 6) is -1.43. The Morgan fingerprint density at radius 1 is 1.15 bits per heavy atom. The van der Waals surface area contributed by atoms with E-state index in [-0.39, 0.29) is 6.42 Å². The summed E-state index contributed by atoms with van der Waals surface area (Å²) in [6, 6.07) is 7.02. The number of sulfonamides is 1. The van der Waals surface area contributed by atoms with Gasteiger partial charge >= 0.3 is 0 Å². The number of aryl methyl sites for hydroxylation is 1. The Bertz CT molecular complexity index is 579. The van der Waals surface area contributed by atoms with Crippen LogP contribution < -0.4 is 10.5 Å². The molecule has 0 aliphatic carbocycles. The van der Waals surface area contributed by atoms with Crippen molar-refractivity contribution in [2.75, 3.05) is 11.0 Å². The first-order valence-corrected chi connectivity index (χ1v) is 8.06. The highest BCUT2D eigenvalue weighted by molar-refractivity contribution is 7.92. The van der Waals surface area contributed by atoms with Crippen LogP contribution in [0.15, 0.2) is 24.3 Å². The minimum absolute atomic E-state index is 0.170. The highest BCUT2D eigenvalue weighted by Gasteiger charge is 2.07. The average molecular weight is 298 g/mol. The lowest BCUT2D eigenvalue weighted by Crippen LogP contribution is -2.22. The van der Waals surface area contributed by atoms with Crippen molar-refractivity contribution >= 4 is 27.4 Å². The Hall–Kier alpha value is -1.89. The van der Waals surface area contributed by atoms with Gasteiger partial charge in [0.05, 0.1) is 6.26 Å². The molecule has 1 aromatic carbocycles. The zero-order valence-electron chi connectivity index (χ0n) is 11.3. The van der Waals surface area contributed by atoms with Crippen molar-refractivity contribution in [2.45, 2.75) is 25.7 Å². The van der Waals surface area contributed by atoms with E-state index in [4.69, 9.17) is 5.73 Å². The predicted octanol–water partition coefficient (Wildman–Crippen LogP) is 0.825. The largest absolute Gasteiger partial charge is 0.363 e. The zero-order chi connectivity index (χ0) is 15.2. The molecule has 0 bridgehead atoms. The van der Waals surface area contributed by atoms with E-state index in [1.54, 1.807) is 12.1 Å². The minimum atomic E-state index is -3.26. The lowest BCUT2D eigenvalue weighted by atomic mass is 10.1. The maximum atomic E-state index is 11.0. The van der Waals surface area contributed by atoms with E-state index < -0.39 is 21.7 Å². The van der Waals surface area contributed by atoms with E-state index in [1.165, 1.54) is 0 Å². The fourth-order valence-electron chi connectivity index (χ4n) is 1.69. The molecule has 0 saturated carbocycles. The summed E-state index contributed by atoms with van der Waals surface area (Å²) in [7, 11) is -3.26. The van der Waals surface area contributed by atoms with E-state index in [0.717, 1.165) is 24.7 Å². The fourth-order valence-corrected chi connectivity index (χ4v) is 2.26. The Morgan fingerprint density at radius 2 is 1.75 bits per heavy atom. The van der Waals surface area contributed by atoms with Crippen LogP contribution in [0.4, 0.5) is 5.69 Å². The molecule has 110 valence electrons. The van der Waals surface area contributed by atoms with Gasteiger partial charge in [0.2, 0.25) is 15.8 Å². The first-order chi connectivity index (χ1) is 9.28. The molecule has 0 radical (unpaired) electrons. The molecule has 0 aliphatic rings. The number of carbonyl (C=O) groups excluding carboxylic acids is 2. The van der Waals surface area contributed by atoms with E-state index >= 15 is 0 Å². The molecule has 0 atom stereocenters. The lowest BCUT2D eigenvalue weighted by Gasteiger charge is -2.05. The second-order valence-corrected chi connectivity index (χ2v) is 6.31. The number of benzene rings is 1. The van der Waals surface area contributed by atoms with Gasteiger partial charge in [-0.15, -0.1) is 0 Å².